The molecule has 1 aliphatic rings. The third-order valence-electron chi connectivity index (χ3n) is 6.18. The van der Waals surface area contributed by atoms with Gasteiger partial charge in [0.05, 0.1) is 25.5 Å². The largest absolute Gasteiger partial charge is 0.467 e. The van der Waals surface area contributed by atoms with E-state index in [2.05, 4.69) is 27.7 Å². The Morgan fingerprint density at radius 3 is 2.43 bits per heavy atom. The summed E-state index contributed by atoms with van der Waals surface area (Å²) in [6.45, 7) is 10.2. The number of rotatable bonds is 11. The smallest absolute Gasteiger partial charge is 0.242 e. The summed E-state index contributed by atoms with van der Waals surface area (Å²) in [5.74, 6) is 0.334. The second-order valence-corrected chi connectivity index (χ2v) is 10.9. The first-order valence-electron chi connectivity index (χ1n) is 12.5. The van der Waals surface area contributed by atoms with Gasteiger partial charge in [-0.25, -0.2) is 4.39 Å². The average molecular weight is 487 g/mol. The molecular formula is C28H39FN2O4. The minimum Gasteiger partial charge on any atom is -0.467 e. The molecule has 0 bridgehead atoms. The summed E-state index contributed by atoms with van der Waals surface area (Å²) in [4.78, 5) is 30.2. The summed E-state index contributed by atoms with van der Waals surface area (Å²) >= 11 is 0. The topological polar surface area (TPSA) is 63.0 Å². The highest BCUT2D eigenvalue weighted by atomic mass is 19.1. The lowest BCUT2D eigenvalue weighted by Gasteiger charge is -2.30. The average Bonchev–Trinajstić information content (AvgIpc) is 3.47. The number of hydrogen-bond donors (Lipinski definition) is 0. The highest BCUT2D eigenvalue weighted by Crippen LogP contribution is 2.27. The molecule has 1 saturated heterocycles. The fourth-order valence-electron chi connectivity index (χ4n) is 4.73. The van der Waals surface area contributed by atoms with Crippen LogP contribution in [-0.4, -0.2) is 47.4 Å². The van der Waals surface area contributed by atoms with Crippen LogP contribution in [0, 0.1) is 17.2 Å². The summed E-state index contributed by atoms with van der Waals surface area (Å²) < 4.78 is 24.7. The van der Waals surface area contributed by atoms with Gasteiger partial charge in [0.15, 0.2) is 0 Å². The zero-order valence-corrected chi connectivity index (χ0v) is 21.5. The second-order valence-electron chi connectivity index (χ2n) is 10.9. The number of benzene rings is 1. The molecular weight excluding hydrogens is 447 g/mol. The van der Waals surface area contributed by atoms with E-state index in [0.717, 1.165) is 24.8 Å². The Morgan fingerprint density at radius 1 is 1.09 bits per heavy atom. The maximum atomic E-state index is 13.5. The Bertz CT molecular complexity index is 931. The van der Waals surface area contributed by atoms with Gasteiger partial charge in [0.25, 0.3) is 0 Å². The lowest BCUT2D eigenvalue weighted by Crippen LogP contribution is -2.45. The first-order chi connectivity index (χ1) is 16.6. The zero-order valence-electron chi connectivity index (χ0n) is 21.5. The molecule has 2 amide bonds. The number of nitrogens with zero attached hydrogens (tertiary/aromatic N) is 2. The van der Waals surface area contributed by atoms with Crippen LogP contribution in [0.5, 0.6) is 0 Å². The third kappa shape index (κ3) is 9.13. The maximum Gasteiger partial charge on any atom is 0.242 e. The first-order valence-corrected chi connectivity index (χ1v) is 12.5. The van der Waals surface area contributed by atoms with Crippen molar-refractivity contribution in [1.82, 2.24) is 9.80 Å². The van der Waals surface area contributed by atoms with E-state index in [-0.39, 0.29) is 48.2 Å². The number of amides is 2. The molecule has 192 valence electrons. The molecule has 0 spiro atoms. The summed E-state index contributed by atoms with van der Waals surface area (Å²) in [7, 11) is 0. The van der Waals surface area contributed by atoms with E-state index >= 15 is 0 Å². The predicted octanol–water partition coefficient (Wildman–Crippen LogP) is 5.42. The molecule has 6 nitrogen and oxygen atoms in total. The zero-order chi connectivity index (χ0) is 25.4. The van der Waals surface area contributed by atoms with Gasteiger partial charge in [-0.3, -0.25) is 9.59 Å². The molecule has 2 unspecified atom stereocenters. The quantitative estimate of drug-likeness (QED) is 0.426. The van der Waals surface area contributed by atoms with Crippen molar-refractivity contribution in [3.63, 3.8) is 0 Å². The number of furan rings is 1. The van der Waals surface area contributed by atoms with Gasteiger partial charge in [-0.1, -0.05) is 39.8 Å². The van der Waals surface area contributed by atoms with E-state index in [4.69, 9.17) is 9.15 Å². The monoisotopic (exact) mass is 486 g/mol. The fourth-order valence-corrected chi connectivity index (χ4v) is 4.73. The Labute approximate surface area is 208 Å². The Balaban J connectivity index is 1.73. The second kappa shape index (κ2) is 12.3. The van der Waals surface area contributed by atoms with Crippen LogP contribution >= 0.6 is 0 Å². The Hall–Kier alpha value is -2.67. The summed E-state index contributed by atoms with van der Waals surface area (Å²) in [5.41, 5.74) is 0.936. The van der Waals surface area contributed by atoms with Crippen LogP contribution < -0.4 is 0 Å². The molecule has 3 rings (SSSR count). The van der Waals surface area contributed by atoms with E-state index in [1.807, 2.05) is 6.07 Å². The maximum absolute atomic E-state index is 13.5. The van der Waals surface area contributed by atoms with Crippen molar-refractivity contribution in [2.75, 3.05) is 19.7 Å². The molecule has 1 aromatic heterocycles. The molecule has 1 aliphatic heterocycles. The molecule has 0 N–H and O–H groups in total. The van der Waals surface area contributed by atoms with Gasteiger partial charge >= 0.3 is 0 Å². The van der Waals surface area contributed by atoms with E-state index < -0.39 is 0 Å². The van der Waals surface area contributed by atoms with Crippen molar-refractivity contribution in [2.24, 2.45) is 11.3 Å². The minimum absolute atomic E-state index is 0.0228. The standard InChI is InChI=1S/C28H39FN2O4/c1-21(16-28(2,3)4)15-26(32)31(19-25-8-6-14-35-25)20-27(33)30(18-24-7-5-13-34-24)17-22-9-11-23(29)12-10-22/h5,7,9-13,21,25H,6,8,14-20H2,1-4H3. The van der Waals surface area contributed by atoms with Gasteiger partial charge in [0, 0.05) is 26.1 Å². The van der Waals surface area contributed by atoms with Crippen molar-refractivity contribution < 1.29 is 23.1 Å². The molecule has 1 aromatic carbocycles. The lowest BCUT2D eigenvalue weighted by atomic mass is 9.84. The third-order valence-corrected chi connectivity index (χ3v) is 6.18. The molecule has 0 aliphatic carbocycles. The highest BCUT2D eigenvalue weighted by molar-refractivity contribution is 5.85. The SMILES string of the molecule is CC(CC(=O)N(CC(=O)N(Cc1ccc(F)cc1)Cc1ccco1)CC1CCCO1)CC(C)(C)C. The van der Waals surface area contributed by atoms with Gasteiger partial charge in [0.2, 0.25) is 11.8 Å². The van der Waals surface area contributed by atoms with Crippen LogP contribution in [0.2, 0.25) is 0 Å². The number of hydrogen-bond acceptors (Lipinski definition) is 4. The van der Waals surface area contributed by atoms with E-state index in [1.54, 1.807) is 34.3 Å². The summed E-state index contributed by atoms with van der Waals surface area (Å²) in [5, 5.41) is 0. The van der Waals surface area contributed by atoms with Crippen LogP contribution in [0.4, 0.5) is 4.39 Å². The number of halogens is 1. The van der Waals surface area contributed by atoms with E-state index in [0.29, 0.717) is 31.9 Å². The molecule has 1 fully saturated rings. The van der Waals surface area contributed by atoms with Crippen LogP contribution in [0.1, 0.15) is 64.7 Å². The van der Waals surface area contributed by atoms with Gasteiger partial charge < -0.3 is 19.0 Å². The number of ether oxygens (including phenoxy) is 1. The van der Waals surface area contributed by atoms with Gasteiger partial charge in [-0.2, -0.15) is 0 Å². The van der Waals surface area contributed by atoms with Crippen molar-refractivity contribution >= 4 is 11.8 Å². The van der Waals surface area contributed by atoms with Gasteiger partial charge in [-0.05, 0) is 60.4 Å². The van der Waals surface area contributed by atoms with E-state index in [9.17, 15) is 14.0 Å². The van der Waals surface area contributed by atoms with Crippen LogP contribution in [0.3, 0.4) is 0 Å². The molecule has 2 heterocycles. The molecule has 2 aromatic rings. The highest BCUT2D eigenvalue weighted by Gasteiger charge is 2.28. The predicted molar refractivity (Wildman–Crippen MR) is 133 cm³/mol. The molecule has 0 saturated carbocycles. The number of carbonyl (C=O) groups excluding carboxylic acids is 2. The first kappa shape index (κ1) is 26.9. The molecule has 7 heteroatoms. The summed E-state index contributed by atoms with van der Waals surface area (Å²) in [6, 6.07) is 9.69. The normalized spacial score (nSPS) is 16.8. The number of carbonyl (C=O) groups is 2. The Kier molecular flexibility index (Phi) is 9.49. The molecule has 0 radical (unpaired) electrons. The van der Waals surface area contributed by atoms with Crippen molar-refractivity contribution in [2.45, 2.75) is 72.6 Å². The lowest BCUT2D eigenvalue weighted by molar-refractivity contribution is -0.143. The van der Waals surface area contributed by atoms with Crippen molar-refractivity contribution in [3.8, 4) is 0 Å². The molecule has 2 atom stereocenters. The van der Waals surface area contributed by atoms with Crippen molar-refractivity contribution in [1.29, 1.82) is 0 Å². The fraction of sp³-hybridized carbons (Fsp3) is 0.571. The molecule has 35 heavy (non-hydrogen) atoms. The Morgan fingerprint density at radius 2 is 1.83 bits per heavy atom. The summed E-state index contributed by atoms with van der Waals surface area (Å²) in [6.07, 6.45) is 4.71. The van der Waals surface area contributed by atoms with Crippen LogP contribution in [0.15, 0.2) is 47.1 Å². The van der Waals surface area contributed by atoms with Gasteiger partial charge in [0.1, 0.15) is 11.6 Å². The van der Waals surface area contributed by atoms with E-state index in [1.165, 1.54) is 12.1 Å². The van der Waals surface area contributed by atoms with Crippen molar-refractivity contribution in [3.05, 3.63) is 59.8 Å². The minimum atomic E-state index is -0.324. The van der Waals surface area contributed by atoms with Crippen LogP contribution in [0.25, 0.3) is 0 Å². The van der Waals surface area contributed by atoms with Gasteiger partial charge in [-0.15, -0.1) is 0 Å². The van der Waals surface area contributed by atoms with Crippen LogP contribution in [-0.2, 0) is 27.4 Å².